The van der Waals surface area contributed by atoms with Gasteiger partial charge >= 0.3 is 5.97 Å². The van der Waals surface area contributed by atoms with Crippen LogP contribution in [0.3, 0.4) is 0 Å². The number of rotatable bonds is 4. The summed E-state index contributed by atoms with van der Waals surface area (Å²) in [5.41, 5.74) is 2.13. The Hall–Kier alpha value is -2.46. The molecule has 1 heterocycles. The minimum atomic E-state index is -0.931. The molecule has 0 aliphatic heterocycles. The van der Waals surface area contributed by atoms with Gasteiger partial charge in [-0.1, -0.05) is 23.7 Å². The Morgan fingerprint density at radius 3 is 2.82 bits per heavy atom. The minimum absolute atomic E-state index is 0.274. The van der Waals surface area contributed by atoms with Crippen molar-refractivity contribution >= 4 is 28.5 Å². The number of benzene rings is 2. The SMILES string of the molecule is Cn1cc(COc2cccc(Cl)c2)c2ccc(C(=O)O)cc21. The number of carboxylic acids is 1. The van der Waals surface area contributed by atoms with Crippen molar-refractivity contribution in [1.82, 2.24) is 4.57 Å². The number of fused-ring (bicyclic) bond motifs is 1. The predicted molar refractivity (Wildman–Crippen MR) is 85.7 cm³/mol. The molecule has 0 unspecified atom stereocenters. The van der Waals surface area contributed by atoms with Gasteiger partial charge in [0, 0.05) is 34.7 Å². The molecule has 0 aliphatic rings. The lowest BCUT2D eigenvalue weighted by atomic mass is 10.1. The Kier molecular flexibility index (Phi) is 3.77. The maximum atomic E-state index is 11.1. The summed E-state index contributed by atoms with van der Waals surface area (Å²) in [6, 6.07) is 12.3. The van der Waals surface area contributed by atoms with E-state index in [2.05, 4.69) is 0 Å². The van der Waals surface area contributed by atoms with E-state index in [9.17, 15) is 4.79 Å². The second-order valence-electron chi connectivity index (χ2n) is 5.05. The maximum Gasteiger partial charge on any atom is 0.335 e. The molecule has 0 saturated heterocycles. The summed E-state index contributed by atoms with van der Waals surface area (Å²) in [5, 5.41) is 10.7. The number of aryl methyl sites for hydroxylation is 1. The van der Waals surface area contributed by atoms with Gasteiger partial charge in [0.1, 0.15) is 12.4 Å². The Bertz CT molecular complexity index is 854. The summed E-state index contributed by atoms with van der Waals surface area (Å²) in [5.74, 6) is -0.230. The fraction of sp³-hybridized carbons (Fsp3) is 0.118. The quantitative estimate of drug-likeness (QED) is 0.788. The van der Waals surface area contributed by atoms with Gasteiger partial charge in [-0.15, -0.1) is 0 Å². The van der Waals surface area contributed by atoms with Crippen LogP contribution in [0.15, 0.2) is 48.7 Å². The Balaban J connectivity index is 1.90. The first-order valence-corrected chi connectivity index (χ1v) is 7.12. The number of carbonyl (C=O) groups is 1. The molecule has 3 aromatic rings. The summed E-state index contributed by atoms with van der Waals surface area (Å²) in [7, 11) is 1.89. The average molecular weight is 316 g/mol. The van der Waals surface area contributed by atoms with Gasteiger partial charge in [0.15, 0.2) is 0 Å². The number of halogens is 1. The smallest absolute Gasteiger partial charge is 0.335 e. The molecule has 2 aromatic carbocycles. The summed E-state index contributed by atoms with van der Waals surface area (Å²) >= 11 is 5.93. The Morgan fingerprint density at radius 2 is 2.09 bits per heavy atom. The van der Waals surface area contributed by atoms with E-state index in [1.165, 1.54) is 0 Å². The molecule has 0 radical (unpaired) electrons. The third-order valence-corrected chi connectivity index (χ3v) is 3.75. The highest BCUT2D eigenvalue weighted by atomic mass is 35.5. The summed E-state index contributed by atoms with van der Waals surface area (Å²) < 4.78 is 7.66. The molecule has 0 saturated carbocycles. The second-order valence-corrected chi connectivity index (χ2v) is 5.48. The standard InChI is InChI=1S/C17H14ClNO3/c1-19-9-12(10-22-14-4-2-3-13(18)8-14)15-6-5-11(17(20)21)7-16(15)19/h2-9H,10H2,1H3,(H,20,21). The number of carboxylic acid groups (broad SMARTS) is 1. The van der Waals surface area contributed by atoms with E-state index in [0.717, 1.165) is 16.5 Å². The van der Waals surface area contributed by atoms with E-state index in [-0.39, 0.29) is 5.56 Å². The lowest BCUT2D eigenvalue weighted by Gasteiger charge is -2.05. The average Bonchev–Trinajstić information content (AvgIpc) is 2.81. The fourth-order valence-electron chi connectivity index (χ4n) is 2.43. The van der Waals surface area contributed by atoms with E-state index < -0.39 is 5.97 Å². The van der Waals surface area contributed by atoms with Crippen molar-refractivity contribution in [2.45, 2.75) is 6.61 Å². The molecule has 0 fully saturated rings. The van der Waals surface area contributed by atoms with Crippen molar-refractivity contribution in [3.8, 4) is 5.75 Å². The number of ether oxygens (including phenoxy) is 1. The van der Waals surface area contributed by atoms with Crippen LogP contribution in [0.25, 0.3) is 10.9 Å². The first-order valence-electron chi connectivity index (χ1n) is 6.74. The van der Waals surface area contributed by atoms with Gasteiger partial charge in [0.05, 0.1) is 5.56 Å². The van der Waals surface area contributed by atoms with E-state index in [4.69, 9.17) is 21.4 Å². The summed E-state index contributed by atoms with van der Waals surface area (Å²) in [4.78, 5) is 11.1. The zero-order valence-corrected chi connectivity index (χ0v) is 12.7. The van der Waals surface area contributed by atoms with Crippen LogP contribution in [0.2, 0.25) is 5.02 Å². The first-order chi connectivity index (χ1) is 10.5. The van der Waals surface area contributed by atoms with Crippen LogP contribution in [0.1, 0.15) is 15.9 Å². The second kappa shape index (κ2) is 5.73. The molecule has 0 bridgehead atoms. The van der Waals surface area contributed by atoms with Gasteiger partial charge in [0.2, 0.25) is 0 Å². The van der Waals surface area contributed by atoms with Crippen molar-refractivity contribution in [3.63, 3.8) is 0 Å². The molecule has 22 heavy (non-hydrogen) atoms. The highest BCUT2D eigenvalue weighted by molar-refractivity contribution is 6.30. The first kappa shape index (κ1) is 14.5. The van der Waals surface area contributed by atoms with Crippen LogP contribution >= 0.6 is 11.6 Å². The molecule has 1 aromatic heterocycles. The molecule has 0 amide bonds. The molecule has 4 nitrogen and oxygen atoms in total. The maximum absolute atomic E-state index is 11.1. The molecule has 0 spiro atoms. The summed E-state index contributed by atoms with van der Waals surface area (Å²) in [6.45, 7) is 0.393. The van der Waals surface area contributed by atoms with Crippen LogP contribution in [-0.4, -0.2) is 15.6 Å². The topological polar surface area (TPSA) is 51.5 Å². The lowest BCUT2D eigenvalue weighted by molar-refractivity contribution is 0.0697. The molecule has 3 rings (SSSR count). The van der Waals surface area contributed by atoms with Crippen molar-refractivity contribution in [2.75, 3.05) is 0 Å². The van der Waals surface area contributed by atoms with E-state index in [1.54, 1.807) is 24.3 Å². The zero-order valence-electron chi connectivity index (χ0n) is 11.9. The number of nitrogens with zero attached hydrogens (tertiary/aromatic N) is 1. The number of aromatic carboxylic acids is 1. The number of aromatic nitrogens is 1. The molecular weight excluding hydrogens is 302 g/mol. The van der Waals surface area contributed by atoms with E-state index in [1.807, 2.05) is 36.0 Å². The van der Waals surface area contributed by atoms with Gasteiger partial charge in [-0.25, -0.2) is 4.79 Å². The highest BCUT2D eigenvalue weighted by Crippen LogP contribution is 2.24. The van der Waals surface area contributed by atoms with Gasteiger partial charge in [0.25, 0.3) is 0 Å². The number of hydrogen-bond acceptors (Lipinski definition) is 2. The van der Waals surface area contributed by atoms with Crippen LogP contribution in [0, 0.1) is 0 Å². The van der Waals surface area contributed by atoms with Crippen molar-refractivity contribution in [2.24, 2.45) is 7.05 Å². The lowest BCUT2D eigenvalue weighted by Crippen LogP contribution is -1.96. The molecule has 1 N–H and O–H groups in total. The van der Waals surface area contributed by atoms with Gasteiger partial charge < -0.3 is 14.4 Å². The van der Waals surface area contributed by atoms with Crippen molar-refractivity contribution in [3.05, 3.63) is 64.8 Å². The molecule has 0 aliphatic carbocycles. The van der Waals surface area contributed by atoms with Gasteiger partial charge in [-0.3, -0.25) is 0 Å². The number of hydrogen-bond donors (Lipinski definition) is 1. The van der Waals surface area contributed by atoms with Crippen molar-refractivity contribution < 1.29 is 14.6 Å². The Labute approximate surface area is 132 Å². The summed E-state index contributed by atoms with van der Waals surface area (Å²) in [6.07, 6.45) is 1.95. The molecule has 112 valence electrons. The molecule has 0 atom stereocenters. The van der Waals surface area contributed by atoms with Gasteiger partial charge in [-0.05, 0) is 30.3 Å². The molecular formula is C17H14ClNO3. The van der Waals surface area contributed by atoms with Crippen LogP contribution < -0.4 is 4.74 Å². The predicted octanol–water partition coefficient (Wildman–Crippen LogP) is 4.11. The largest absolute Gasteiger partial charge is 0.489 e. The fourth-order valence-corrected chi connectivity index (χ4v) is 2.61. The Morgan fingerprint density at radius 1 is 1.27 bits per heavy atom. The third-order valence-electron chi connectivity index (χ3n) is 3.51. The normalized spacial score (nSPS) is 10.8. The van der Waals surface area contributed by atoms with Crippen LogP contribution in [-0.2, 0) is 13.7 Å². The highest BCUT2D eigenvalue weighted by Gasteiger charge is 2.10. The minimum Gasteiger partial charge on any atom is -0.489 e. The monoisotopic (exact) mass is 315 g/mol. The van der Waals surface area contributed by atoms with Crippen LogP contribution in [0.4, 0.5) is 0 Å². The van der Waals surface area contributed by atoms with E-state index >= 15 is 0 Å². The third kappa shape index (κ3) is 2.78. The van der Waals surface area contributed by atoms with Crippen molar-refractivity contribution in [1.29, 1.82) is 0 Å². The van der Waals surface area contributed by atoms with E-state index in [0.29, 0.717) is 17.4 Å². The zero-order chi connectivity index (χ0) is 15.7. The van der Waals surface area contributed by atoms with Crippen LogP contribution in [0.5, 0.6) is 5.75 Å². The van der Waals surface area contributed by atoms with Gasteiger partial charge in [-0.2, -0.15) is 0 Å². The molecule has 5 heteroatoms.